The number of rotatable bonds is 6. The summed E-state index contributed by atoms with van der Waals surface area (Å²) in [6, 6.07) is 15.7. The maximum atomic E-state index is 12.8. The molecule has 2 heterocycles. The highest BCUT2D eigenvalue weighted by Crippen LogP contribution is 2.25. The molecule has 164 valence electrons. The predicted molar refractivity (Wildman–Crippen MR) is 122 cm³/mol. The number of hydrogen-bond acceptors (Lipinski definition) is 5. The Bertz CT molecular complexity index is 1170. The smallest absolute Gasteiger partial charge is 0.254 e. The van der Waals surface area contributed by atoms with Crippen LogP contribution in [0.4, 0.5) is 0 Å². The standard InChI is InChI=1S/C25H27N5O2/c1-25(2,3)21-11-9-19(10-12-21)23-27-22(32-28-23)16-29(4)24(31)20-7-5-18(6-8-20)15-30-14-13-26-17-30/h5-14,17H,15-16H2,1-4H3. The molecule has 0 aliphatic rings. The van der Waals surface area contributed by atoms with E-state index in [1.54, 1.807) is 24.5 Å². The molecular formula is C25H27N5O2. The van der Waals surface area contributed by atoms with Crippen molar-refractivity contribution in [1.29, 1.82) is 0 Å². The van der Waals surface area contributed by atoms with Gasteiger partial charge in [0.15, 0.2) is 0 Å². The average Bonchev–Trinajstić information content (AvgIpc) is 3.45. The summed E-state index contributed by atoms with van der Waals surface area (Å²) >= 11 is 0. The lowest BCUT2D eigenvalue weighted by atomic mass is 9.87. The summed E-state index contributed by atoms with van der Waals surface area (Å²) in [5.41, 5.74) is 3.92. The Labute approximate surface area is 187 Å². The number of hydrogen-bond donors (Lipinski definition) is 0. The molecule has 7 nitrogen and oxygen atoms in total. The van der Waals surface area contributed by atoms with E-state index in [1.165, 1.54) is 5.56 Å². The molecule has 0 aliphatic heterocycles. The van der Waals surface area contributed by atoms with Crippen molar-refractivity contribution in [3.05, 3.63) is 89.8 Å². The zero-order valence-corrected chi connectivity index (χ0v) is 18.8. The molecule has 2 aromatic heterocycles. The molecule has 32 heavy (non-hydrogen) atoms. The summed E-state index contributed by atoms with van der Waals surface area (Å²) in [7, 11) is 1.73. The molecule has 0 fully saturated rings. The number of aromatic nitrogens is 4. The van der Waals surface area contributed by atoms with Gasteiger partial charge in [-0.15, -0.1) is 0 Å². The third-order valence-corrected chi connectivity index (χ3v) is 5.32. The third-order valence-electron chi connectivity index (χ3n) is 5.32. The minimum Gasteiger partial charge on any atom is -0.337 e. The SMILES string of the molecule is CN(Cc1nc(-c2ccc(C(C)(C)C)cc2)no1)C(=O)c1ccc(Cn2ccnc2)cc1. The molecule has 0 spiro atoms. The van der Waals surface area contributed by atoms with Crippen LogP contribution in [0.2, 0.25) is 0 Å². The van der Waals surface area contributed by atoms with E-state index in [0.29, 0.717) is 23.8 Å². The fraction of sp³-hybridized carbons (Fsp3) is 0.280. The van der Waals surface area contributed by atoms with Crippen LogP contribution < -0.4 is 0 Å². The van der Waals surface area contributed by atoms with Gasteiger partial charge in [-0.25, -0.2) is 4.98 Å². The van der Waals surface area contributed by atoms with Crippen molar-refractivity contribution in [2.45, 2.75) is 39.3 Å². The van der Waals surface area contributed by atoms with Crippen molar-refractivity contribution in [3.63, 3.8) is 0 Å². The quantitative estimate of drug-likeness (QED) is 0.449. The third kappa shape index (κ3) is 4.94. The van der Waals surface area contributed by atoms with Crippen molar-refractivity contribution in [1.82, 2.24) is 24.6 Å². The minimum atomic E-state index is -0.103. The van der Waals surface area contributed by atoms with Gasteiger partial charge < -0.3 is 14.0 Å². The maximum Gasteiger partial charge on any atom is 0.254 e. The molecule has 0 saturated heterocycles. The first-order chi connectivity index (χ1) is 15.3. The van der Waals surface area contributed by atoms with Gasteiger partial charge in [-0.05, 0) is 28.7 Å². The Balaban J connectivity index is 1.39. The number of amides is 1. The largest absolute Gasteiger partial charge is 0.337 e. The van der Waals surface area contributed by atoms with Gasteiger partial charge in [0.25, 0.3) is 5.91 Å². The van der Waals surface area contributed by atoms with Crippen LogP contribution in [0.15, 0.2) is 71.8 Å². The predicted octanol–water partition coefficient (Wildman–Crippen LogP) is 4.55. The lowest BCUT2D eigenvalue weighted by Crippen LogP contribution is -2.26. The molecule has 7 heteroatoms. The fourth-order valence-corrected chi connectivity index (χ4v) is 3.39. The molecule has 0 N–H and O–H groups in total. The molecular weight excluding hydrogens is 402 g/mol. The van der Waals surface area contributed by atoms with E-state index in [1.807, 2.05) is 47.2 Å². The minimum absolute atomic E-state index is 0.0850. The average molecular weight is 430 g/mol. The van der Waals surface area contributed by atoms with Gasteiger partial charge in [-0.1, -0.05) is 62.3 Å². The molecule has 0 unspecified atom stereocenters. The second kappa shape index (κ2) is 8.78. The molecule has 0 aliphatic carbocycles. The highest BCUT2D eigenvalue weighted by Gasteiger charge is 2.17. The van der Waals surface area contributed by atoms with E-state index < -0.39 is 0 Å². The van der Waals surface area contributed by atoms with Gasteiger partial charge in [0, 0.05) is 37.1 Å². The summed E-state index contributed by atoms with van der Waals surface area (Å²) < 4.78 is 7.37. The van der Waals surface area contributed by atoms with Crippen molar-refractivity contribution in [2.75, 3.05) is 7.05 Å². The molecule has 4 aromatic rings. The molecule has 2 aromatic carbocycles. The van der Waals surface area contributed by atoms with Crippen LogP contribution in [0, 0.1) is 0 Å². The van der Waals surface area contributed by atoms with E-state index >= 15 is 0 Å². The van der Waals surface area contributed by atoms with Gasteiger partial charge in [0.2, 0.25) is 11.7 Å². The molecule has 1 amide bonds. The summed E-state index contributed by atoms with van der Waals surface area (Å²) in [6.07, 6.45) is 5.42. The van der Waals surface area contributed by atoms with Gasteiger partial charge in [0.1, 0.15) is 0 Å². The zero-order chi connectivity index (χ0) is 22.7. The lowest BCUT2D eigenvalue weighted by Gasteiger charge is -2.18. The van der Waals surface area contributed by atoms with Crippen LogP contribution in [0.25, 0.3) is 11.4 Å². The second-order valence-electron chi connectivity index (χ2n) is 8.93. The Morgan fingerprint density at radius 3 is 2.41 bits per heavy atom. The first-order valence-corrected chi connectivity index (χ1v) is 10.5. The topological polar surface area (TPSA) is 77.0 Å². The van der Waals surface area contributed by atoms with Gasteiger partial charge in [-0.2, -0.15) is 4.98 Å². The highest BCUT2D eigenvalue weighted by molar-refractivity contribution is 5.94. The Morgan fingerprint density at radius 2 is 1.78 bits per heavy atom. The first-order valence-electron chi connectivity index (χ1n) is 10.5. The van der Waals surface area contributed by atoms with Crippen LogP contribution in [0.1, 0.15) is 48.1 Å². The monoisotopic (exact) mass is 429 g/mol. The Morgan fingerprint density at radius 1 is 1.06 bits per heavy atom. The molecule has 4 rings (SSSR count). The van der Waals surface area contributed by atoms with Gasteiger partial charge in [0.05, 0.1) is 12.9 Å². The van der Waals surface area contributed by atoms with E-state index in [4.69, 9.17) is 4.52 Å². The fourth-order valence-electron chi connectivity index (χ4n) is 3.39. The van der Waals surface area contributed by atoms with E-state index in [0.717, 1.165) is 11.1 Å². The van der Waals surface area contributed by atoms with Crippen LogP contribution in [0.3, 0.4) is 0 Å². The van der Waals surface area contributed by atoms with Crippen molar-refractivity contribution in [2.24, 2.45) is 0 Å². The molecule has 0 radical (unpaired) electrons. The summed E-state index contributed by atoms with van der Waals surface area (Å²) in [5, 5.41) is 4.08. The molecule has 0 atom stereocenters. The summed E-state index contributed by atoms with van der Waals surface area (Å²) in [5.74, 6) is 0.811. The number of benzene rings is 2. The lowest BCUT2D eigenvalue weighted by molar-refractivity contribution is 0.0769. The maximum absolute atomic E-state index is 12.8. The Kier molecular flexibility index (Phi) is 5.90. The molecule has 0 bridgehead atoms. The summed E-state index contributed by atoms with van der Waals surface area (Å²) in [4.78, 5) is 22.9. The zero-order valence-electron chi connectivity index (χ0n) is 18.8. The second-order valence-corrected chi connectivity index (χ2v) is 8.93. The van der Waals surface area contributed by atoms with E-state index in [9.17, 15) is 4.79 Å². The Hall–Kier alpha value is -3.74. The first kappa shape index (κ1) is 21.5. The van der Waals surface area contributed by atoms with Gasteiger partial charge >= 0.3 is 0 Å². The van der Waals surface area contributed by atoms with Crippen LogP contribution in [-0.2, 0) is 18.5 Å². The normalized spacial score (nSPS) is 11.5. The number of nitrogens with zero attached hydrogens (tertiary/aromatic N) is 5. The van der Waals surface area contributed by atoms with Crippen LogP contribution in [0.5, 0.6) is 0 Å². The number of imidazole rings is 1. The number of carbonyl (C=O) groups excluding carboxylic acids is 1. The highest BCUT2D eigenvalue weighted by atomic mass is 16.5. The van der Waals surface area contributed by atoms with E-state index in [-0.39, 0.29) is 17.9 Å². The van der Waals surface area contributed by atoms with Crippen LogP contribution in [-0.4, -0.2) is 37.5 Å². The van der Waals surface area contributed by atoms with Gasteiger partial charge in [-0.3, -0.25) is 4.79 Å². The van der Waals surface area contributed by atoms with Crippen LogP contribution >= 0.6 is 0 Å². The van der Waals surface area contributed by atoms with Crippen molar-refractivity contribution < 1.29 is 9.32 Å². The molecule has 0 saturated carbocycles. The summed E-state index contributed by atoms with van der Waals surface area (Å²) in [6.45, 7) is 7.48. The van der Waals surface area contributed by atoms with Crippen molar-refractivity contribution in [3.8, 4) is 11.4 Å². The van der Waals surface area contributed by atoms with E-state index in [2.05, 4.69) is 48.0 Å². The number of carbonyl (C=O) groups is 1. The van der Waals surface area contributed by atoms with Crippen molar-refractivity contribution >= 4 is 5.91 Å².